The quantitative estimate of drug-likeness (QED) is 0.672. The average molecular weight is 221 g/mol. The molecule has 15 heavy (non-hydrogen) atoms. The summed E-state index contributed by atoms with van der Waals surface area (Å²) >= 11 is -2.13. The van der Waals surface area contributed by atoms with Crippen molar-refractivity contribution < 1.29 is 8.76 Å². The maximum atomic E-state index is 11.0. The van der Waals surface area contributed by atoms with Crippen LogP contribution in [0, 0.1) is 11.8 Å². The monoisotopic (exact) mass is 221 g/mol. The zero-order chi connectivity index (χ0) is 10.8. The zero-order valence-corrected chi connectivity index (χ0v) is 9.37. The summed E-state index contributed by atoms with van der Waals surface area (Å²) in [5.74, 6) is 0.659. The third-order valence-corrected chi connectivity index (χ3v) is 3.69. The lowest BCUT2D eigenvalue weighted by Gasteiger charge is -2.30. The standard InChI is InChI=1S/C12H14O2S/c1-2-9-7-8-12(15(13)14)11-6-4-3-5-10(9)11/h3-10H,2H2,1H3,(H,13,14)/p-1. The van der Waals surface area contributed by atoms with E-state index in [0.29, 0.717) is 10.8 Å². The van der Waals surface area contributed by atoms with Gasteiger partial charge in [-0.25, -0.2) is 0 Å². The van der Waals surface area contributed by atoms with Crippen LogP contribution in [0.15, 0.2) is 46.9 Å². The molecule has 2 nitrogen and oxygen atoms in total. The van der Waals surface area contributed by atoms with E-state index in [4.69, 9.17) is 0 Å². The number of rotatable bonds is 2. The van der Waals surface area contributed by atoms with Crippen LogP contribution in [-0.4, -0.2) is 8.76 Å². The lowest BCUT2D eigenvalue weighted by atomic mass is 9.78. The lowest BCUT2D eigenvalue weighted by Crippen LogP contribution is -2.19. The third-order valence-electron chi connectivity index (χ3n) is 2.96. The van der Waals surface area contributed by atoms with Crippen molar-refractivity contribution in [3.8, 4) is 0 Å². The Labute approximate surface area is 92.4 Å². The molecular formula is C12H13O2S-. The fourth-order valence-corrected chi connectivity index (χ4v) is 2.73. The summed E-state index contributed by atoms with van der Waals surface area (Å²) in [6.07, 6.45) is 12.6. The van der Waals surface area contributed by atoms with E-state index in [2.05, 4.69) is 13.0 Å². The van der Waals surface area contributed by atoms with E-state index in [1.54, 1.807) is 6.08 Å². The second kappa shape index (κ2) is 4.29. The van der Waals surface area contributed by atoms with Gasteiger partial charge in [-0.15, -0.1) is 0 Å². The lowest BCUT2D eigenvalue weighted by molar-refractivity contribution is 0.510. The van der Waals surface area contributed by atoms with Crippen LogP contribution in [-0.2, 0) is 11.1 Å². The molecule has 0 aromatic carbocycles. The Morgan fingerprint density at radius 2 is 2.13 bits per heavy atom. The molecule has 0 radical (unpaired) electrons. The first-order chi connectivity index (χ1) is 7.24. The van der Waals surface area contributed by atoms with Crippen LogP contribution in [0.5, 0.6) is 0 Å². The van der Waals surface area contributed by atoms with Gasteiger partial charge in [-0.3, -0.25) is 4.21 Å². The van der Waals surface area contributed by atoms with E-state index in [9.17, 15) is 8.76 Å². The number of hydrogen-bond donors (Lipinski definition) is 0. The molecule has 3 unspecified atom stereocenters. The molecule has 0 bridgehead atoms. The van der Waals surface area contributed by atoms with Gasteiger partial charge in [-0.2, -0.15) is 0 Å². The van der Waals surface area contributed by atoms with Crippen LogP contribution in [0.2, 0.25) is 0 Å². The van der Waals surface area contributed by atoms with Crippen molar-refractivity contribution in [3.63, 3.8) is 0 Å². The van der Waals surface area contributed by atoms with E-state index in [1.807, 2.05) is 24.3 Å². The van der Waals surface area contributed by atoms with Crippen molar-refractivity contribution in [2.45, 2.75) is 13.3 Å². The maximum Gasteiger partial charge on any atom is 0.0283 e. The van der Waals surface area contributed by atoms with Crippen molar-refractivity contribution in [1.29, 1.82) is 0 Å². The average Bonchev–Trinajstić information content (AvgIpc) is 2.27. The van der Waals surface area contributed by atoms with E-state index < -0.39 is 11.1 Å². The molecule has 0 N–H and O–H groups in total. The molecule has 2 rings (SSSR count). The molecule has 0 heterocycles. The molecule has 3 atom stereocenters. The summed E-state index contributed by atoms with van der Waals surface area (Å²) in [5.41, 5.74) is 0.931. The molecule has 80 valence electrons. The van der Waals surface area contributed by atoms with E-state index in [0.717, 1.165) is 12.0 Å². The third kappa shape index (κ3) is 1.90. The summed E-state index contributed by atoms with van der Waals surface area (Å²) < 4.78 is 22.1. The van der Waals surface area contributed by atoms with Crippen LogP contribution in [0.1, 0.15) is 13.3 Å². The minimum atomic E-state index is -2.13. The second-order valence-electron chi connectivity index (χ2n) is 3.76. The van der Waals surface area contributed by atoms with E-state index in [1.165, 1.54) is 0 Å². The van der Waals surface area contributed by atoms with Crippen molar-refractivity contribution in [2.75, 3.05) is 0 Å². The second-order valence-corrected chi connectivity index (χ2v) is 4.66. The molecule has 0 amide bonds. The molecule has 2 aliphatic carbocycles. The van der Waals surface area contributed by atoms with Gasteiger partial charge in [0.05, 0.1) is 0 Å². The molecule has 3 heteroatoms. The first-order valence-corrected chi connectivity index (χ1v) is 6.18. The summed E-state index contributed by atoms with van der Waals surface area (Å²) in [5, 5.41) is 0. The van der Waals surface area contributed by atoms with Gasteiger partial charge >= 0.3 is 0 Å². The van der Waals surface area contributed by atoms with Gasteiger partial charge in [0.25, 0.3) is 0 Å². The minimum absolute atomic E-state index is 0.234. The highest BCUT2D eigenvalue weighted by atomic mass is 32.2. The van der Waals surface area contributed by atoms with Crippen molar-refractivity contribution in [3.05, 3.63) is 46.9 Å². The Bertz CT molecular complexity index is 402. The van der Waals surface area contributed by atoms with Crippen molar-refractivity contribution in [1.82, 2.24) is 0 Å². The Morgan fingerprint density at radius 3 is 2.80 bits per heavy atom. The summed E-state index contributed by atoms with van der Waals surface area (Å²) in [6, 6.07) is 0. The van der Waals surface area contributed by atoms with Gasteiger partial charge in [0, 0.05) is 10.8 Å². The predicted molar refractivity (Wildman–Crippen MR) is 60.6 cm³/mol. The molecule has 0 aromatic heterocycles. The molecule has 0 saturated heterocycles. The first kappa shape index (κ1) is 10.6. The summed E-state index contributed by atoms with van der Waals surface area (Å²) in [6.45, 7) is 2.12. The van der Waals surface area contributed by atoms with Crippen LogP contribution >= 0.6 is 0 Å². The highest BCUT2D eigenvalue weighted by Crippen LogP contribution is 2.36. The largest absolute Gasteiger partial charge is 0.768 e. The topological polar surface area (TPSA) is 40.1 Å². The van der Waals surface area contributed by atoms with E-state index in [-0.39, 0.29) is 5.92 Å². The van der Waals surface area contributed by atoms with E-state index >= 15 is 0 Å². The molecule has 0 aromatic rings. The fourth-order valence-electron chi connectivity index (χ4n) is 2.15. The highest BCUT2D eigenvalue weighted by Gasteiger charge is 2.25. The Balaban J connectivity index is 2.45. The number of hydrogen-bond acceptors (Lipinski definition) is 2. The van der Waals surface area contributed by atoms with Crippen molar-refractivity contribution in [2.24, 2.45) is 11.8 Å². The van der Waals surface area contributed by atoms with Gasteiger partial charge in [0.15, 0.2) is 0 Å². The Hall–Kier alpha value is -0.930. The smallest absolute Gasteiger partial charge is 0.0283 e. The van der Waals surface area contributed by atoms with Gasteiger partial charge in [-0.1, -0.05) is 43.4 Å². The van der Waals surface area contributed by atoms with Crippen LogP contribution in [0.3, 0.4) is 0 Å². The predicted octanol–water partition coefficient (Wildman–Crippen LogP) is 2.46. The number of fused-ring (bicyclic) bond motifs is 1. The maximum absolute atomic E-state index is 11.0. The van der Waals surface area contributed by atoms with Gasteiger partial charge in [-0.05, 0) is 29.0 Å². The normalized spacial score (nSPS) is 30.5. The molecule has 2 aliphatic rings. The fraction of sp³-hybridized carbons (Fsp3) is 0.333. The van der Waals surface area contributed by atoms with Crippen molar-refractivity contribution >= 4 is 11.1 Å². The minimum Gasteiger partial charge on any atom is -0.768 e. The Morgan fingerprint density at radius 1 is 1.33 bits per heavy atom. The first-order valence-electron chi connectivity index (χ1n) is 5.10. The van der Waals surface area contributed by atoms with Gasteiger partial charge in [0.1, 0.15) is 0 Å². The van der Waals surface area contributed by atoms with Crippen LogP contribution < -0.4 is 0 Å². The number of allylic oxidation sites excluding steroid dienone is 7. The molecule has 0 saturated carbocycles. The van der Waals surface area contributed by atoms with Crippen LogP contribution in [0.25, 0.3) is 0 Å². The van der Waals surface area contributed by atoms with Crippen LogP contribution in [0.4, 0.5) is 0 Å². The zero-order valence-electron chi connectivity index (χ0n) is 8.55. The molecule has 0 aliphatic heterocycles. The molecular weight excluding hydrogens is 208 g/mol. The highest BCUT2D eigenvalue weighted by molar-refractivity contribution is 7.83. The SMILES string of the molecule is CCC1C=CC(S(=O)[O-])=C2C=CC=CC21. The summed E-state index contributed by atoms with van der Waals surface area (Å²) in [7, 11) is 0. The van der Waals surface area contributed by atoms with Gasteiger partial charge < -0.3 is 4.55 Å². The summed E-state index contributed by atoms with van der Waals surface area (Å²) in [4.78, 5) is 0.435. The van der Waals surface area contributed by atoms with Gasteiger partial charge in [0.2, 0.25) is 0 Å². The Kier molecular flexibility index (Phi) is 3.03. The molecule has 0 spiro atoms. The molecule has 0 fully saturated rings.